The van der Waals surface area contributed by atoms with E-state index in [2.05, 4.69) is 20.6 Å². The predicted octanol–water partition coefficient (Wildman–Crippen LogP) is 3.24. The Bertz CT molecular complexity index is 869. The van der Waals surface area contributed by atoms with Gasteiger partial charge in [-0.05, 0) is 30.0 Å². The van der Waals surface area contributed by atoms with E-state index < -0.39 is 0 Å². The van der Waals surface area contributed by atoms with Crippen LogP contribution in [0.5, 0.6) is 0 Å². The molecule has 0 aliphatic rings. The summed E-state index contributed by atoms with van der Waals surface area (Å²) >= 11 is 0. The first kappa shape index (κ1) is 18.5. The van der Waals surface area contributed by atoms with Gasteiger partial charge in [0, 0.05) is 25.5 Å². The molecule has 0 unspecified atom stereocenters. The second kappa shape index (κ2) is 9.43. The topological polar surface area (TPSA) is 66.9 Å². The maximum atomic E-state index is 13.6. The minimum Gasteiger partial charge on any atom is -0.354 e. The number of hydrogen-bond donors (Lipinski definition) is 2. The molecule has 0 saturated heterocycles. The van der Waals surface area contributed by atoms with Gasteiger partial charge >= 0.3 is 0 Å². The fourth-order valence-electron chi connectivity index (χ4n) is 2.61. The number of hydrogen-bond acceptors (Lipinski definition) is 4. The van der Waals surface area contributed by atoms with Crippen LogP contribution in [-0.4, -0.2) is 29.0 Å². The van der Waals surface area contributed by atoms with Gasteiger partial charge in [0.2, 0.25) is 5.95 Å². The molecule has 0 aliphatic carbocycles. The molecule has 138 valence electrons. The summed E-state index contributed by atoms with van der Waals surface area (Å²) in [4.78, 5) is 20.4. The molecule has 0 radical (unpaired) electrons. The number of halogens is 1. The number of nitrogens with zero attached hydrogens (tertiary/aromatic N) is 2. The Kier molecular flexibility index (Phi) is 6.46. The van der Waals surface area contributed by atoms with Gasteiger partial charge in [0.15, 0.2) is 0 Å². The highest BCUT2D eigenvalue weighted by atomic mass is 19.1. The summed E-state index contributed by atoms with van der Waals surface area (Å²) in [6, 6.07) is 16.6. The largest absolute Gasteiger partial charge is 0.354 e. The van der Waals surface area contributed by atoms with E-state index in [9.17, 15) is 9.18 Å². The van der Waals surface area contributed by atoms with Gasteiger partial charge < -0.3 is 10.6 Å². The lowest BCUT2D eigenvalue weighted by Gasteiger charge is -2.07. The summed E-state index contributed by atoms with van der Waals surface area (Å²) in [5.74, 6) is -0.0150. The standard InChI is InChI=1S/C21H21FN4O/c22-19-9-5-4-8-17(19)11-13-24-21-25-14-18(15-26-21)20(27)23-12-10-16-6-2-1-3-7-16/h1-9,14-15H,10-13H2,(H,23,27)(H,24,25,26). The number of amides is 1. The quantitative estimate of drug-likeness (QED) is 0.644. The molecular formula is C21H21FN4O. The van der Waals surface area contributed by atoms with Crippen LogP contribution in [0, 0.1) is 5.82 Å². The van der Waals surface area contributed by atoms with Crippen LogP contribution in [0.3, 0.4) is 0 Å². The lowest BCUT2D eigenvalue weighted by Crippen LogP contribution is -2.26. The third kappa shape index (κ3) is 5.60. The molecule has 3 aromatic rings. The first-order valence-corrected chi connectivity index (χ1v) is 8.84. The normalized spacial score (nSPS) is 10.4. The first-order valence-electron chi connectivity index (χ1n) is 8.84. The van der Waals surface area contributed by atoms with Crippen molar-refractivity contribution in [3.8, 4) is 0 Å². The van der Waals surface area contributed by atoms with Gasteiger partial charge in [-0.2, -0.15) is 0 Å². The first-order chi connectivity index (χ1) is 13.2. The number of anilines is 1. The van der Waals surface area contributed by atoms with Crippen LogP contribution in [0.15, 0.2) is 67.0 Å². The Morgan fingerprint density at radius 1 is 0.889 bits per heavy atom. The van der Waals surface area contributed by atoms with Crippen molar-refractivity contribution in [1.29, 1.82) is 0 Å². The van der Waals surface area contributed by atoms with Crippen molar-refractivity contribution < 1.29 is 9.18 Å². The fraction of sp³-hybridized carbons (Fsp3) is 0.190. The van der Waals surface area contributed by atoms with E-state index in [0.717, 1.165) is 6.42 Å². The summed E-state index contributed by atoms with van der Waals surface area (Å²) in [6.45, 7) is 1.05. The van der Waals surface area contributed by atoms with Crippen molar-refractivity contribution in [2.45, 2.75) is 12.8 Å². The molecule has 6 heteroatoms. The molecule has 3 rings (SSSR count). The van der Waals surface area contributed by atoms with Crippen molar-refractivity contribution in [3.05, 3.63) is 89.5 Å². The Balaban J connectivity index is 1.43. The highest BCUT2D eigenvalue weighted by Gasteiger charge is 2.07. The predicted molar refractivity (Wildman–Crippen MR) is 103 cm³/mol. The smallest absolute Gasteiger partial charge is 0.254 e. The molecule has 0 fully saturated rings. The van der Waals surface area contributed by atoms with Crippen molar-refractivity contribution in [3.63, 3.8) is 0 Å². The zero-order chi connectivity index (χ0) is 18.9. The van der Waals surface area contributed by atoms with Crippen LogP contribution >= 0.6 is 0 Å². The van der Waals surface area contributed by atoms with E-state index in [1.54, 1.807) is 18.2 Å². The highest BCUT2D eigenvalue weighted by Crippen LogP contribution is 2.07. The summed E-state index contributed by atoms with van der Waals surface area (Å²) < 4.78 is 13.6. The number of carbonyl (C=O) groups excluding carboxylic acids is 1. The van der Waals surface area contributed by atoms with Crippen molar-refractivity contribution in [1.82, 2.24) is 15.3 Å². The number of rotatable bonds is 8. The van der Waals surface area contributed by atoms with Crippen LogP contribution < -0.4 is 10.6 Å². The Labute approximate surface area is 157 Å². The van der Waals surface area contributed by atoms with E-state index in [-0.39, 0.29) is 11.7 Å². The van der Waals surface area contributed by atoms with E-state index >= 15 is 0 Å². The molecule has 1 aromatic heterocycles. The molecule has 2 N–H and O–H groups in total. The number of aromatic nitrogens is 2. The second-order valence-corrected chi connectivity index (χ2v) is 6.06. The zero-order valence-electron chi connectivity index (χ0n) is 14.9. The molecule has 1 heterocycles. The van der Waals surface area contributed by atoms with Crippen molar-refractivity contribution in [2.24, 2.45) is 0 Å². The number of benzene rings is 2. The molecule has 1 amide bonds. The maximum absolute atomic E-state index is 13.6. The molecule has 0 saturated carbocycles. The summed E-state index contributed by atoms with van der Waals surface area (Å²) in [6.07, 6.45) is 4.26. The van der Waals surface area contributed by atoms with Crippen LogP contribution in [0.25, 0.3) is 0 Å². The Morgan fingerprint density at radius 3 is 2.33 bits per heavy atom. The molecule has 0 aliphatic heterocycles. The van der Waals surface area contributed by atoms with Gasteiger partial charge in [-0.1, -0.05) is 48.5 Å². The number of carbonyl (C=O) groups is 1. The molecule has 5 nitrogen and oxygen atoms in total. The van der Waals surface area contributed by atoms with Gasteiger partial charge in [-0.25, -0.2) is 14.4 Å². The van der Waals surface area contributed by atoms with Gasteiger partial charge in [0.1, 0.15) is 5.82 Å². The fourth-order valence-corrected chi connectivity index (χ4v) is 2.61. The van der Waals surface area contributed by atoms with Crippen molar-refractivity contribution in [2.75, 3.05) is 18.4 Å². The summed E-state index contributed by atoms with van der Waals surface area (Å²) in [5.41, 5.74) is 2.21. The van der Waals surface area contributed by atoms with Crippen LogP contribution in [0.1, 0.15) is 21.5 Å². The van der Waals surface area contributed by atoms with E-state index in [0.29, 0.717) is 36.6 Å². The molecule has 27 heavy (non-hydrogen) atoms. The highest BCUT2D eigenvalue weighted by molar-refractivity contribution is 5.93. The van der Waals surface area contributed by atoms with Crippen LogP contribution in [-0.2, 0) is 12.8 Å². The van der Waals surface area contributed by atoms with E-state index in [4.69, 9.17) is 0 Å². The summed E-state index contributed by atoms with van der Waals surface area (Å²) in [7, 11) is 0. The van der Waals surface area contributed by atoms with Crippen LogP contribution in [0.4, 0.5) is 10.3 Å². The molecule has 0 spiro atoms. The molecule has 0 atom stereocenters. The third-order valence-electron chi connectivity index (χ3n) is 4.09. The Morgan fingerprint density at radius 2 is 1.59 bits per heavy atom. The minimum atomic E-state index is -0.220. The summed E-state index contributed by atoms with van der Waals surface area (Å²) in [5, 5.41) is 5.89. The van der Waals surface area contributed by atoms with Gasteiger partial charge in [-0.3, -0.25) is 4.79 Å². The van der Waals surface area contributed by atoms with Crippen molar-refractivity contribution >= 4 is 11.9 Å². The van der Waals surface area contributed by atoms with Gasteiger partial charge in [0.05, 0.1) is 5.56 Å². The number of nitrogens with one attached hydrogen (secondary N) is 2. The molecular weight excluding hydrogens is 343 g/mol. The maximum Gasteiger partial charge on any atom is 0.254 e. The third-order valence-corrected chi connectivity index (χ3v) is 4.09. The van der Waals surface area contributed by atoms with Gasteiger partial charge in [0.25, 0.3) is 5.91 Å². The SMILES string of the molecule is O=C(NCCc1ccccc1)c1cnc(NCCc2ccccc2F)nc1. The second-order valence-electron chi connectivity index (χ2n) is 6.06. The van der Waals surface area contributed by atoms with E-state index in [1.807, 2.05) is 30.3 Å². The van der Waals surface area contributed by atoms with Gasteiger partial charge in [-0.15, -0.1) is 0 Å². The molecule has 0 bridgehead atoms. The van der Waals surface area contributed by atoms with E-state index in [1.165, 1.54) is 24.0 Å². The average molecular weight is 364 g/mol. The zero-order valence-corrected chi connectivity index (χ0v) is 14.9. The van der Waals surface area contributed by atoms with Crippen LogP contribution in [0.2, 0.25) is 0 Å². The Hall–Kier alpha value is -3.28. The minimum absolute atomic E-state index is 0.205. The molecule has 2 aromatic carbocycles. The average Bonchev–Trinajstić information content (AvgIpc) is 2.71. The lowest BCUT2D eigenvalue weighted by atomic mass is 10.1. The lowest BCUT2D eigenvalue weighted by molar-refractivity contribution is 0.0953. The monoisotopic (exact) mass is 364 g/mol.